The Bertz CT molecular complexity index is 984. The molecule has 1 aliphatic heterocycles. The van der Waals surface area contributed by atoms with E-state index in [2.05, 4.69) is 20.6 Å². The number of aromatic nitrogens is 2. The number of nitrogens with zero attached hydrogens (tertiary/aromatic N) is 2. The number of amides is 3. The summed E-state index contributed by atoms with van der Waals surface area (Å²) >= 11 is 0. The third-order valence-electron chi connectivity index (χ3n) is 5.85. The Kier molecular flexibility index (Phi) is 6.82. The second kappa shape index (κ2) is 10.1. The number of anilines is 1. The van der Waals surface area contributed by atoms with Crippen molar-refractivity contribution in [3.05, 3.63) is 60.6 Å². The molecule has 0 saturated carbocycles. The van der Waals surface area contributed by atoms with E-state index < -0.39 is 0 Å². The molecule has 3 aromatic rings. The summed E-state index contributed by atoms with van der Waals surface area (Å²) in [5.41, 5.74) is 2.42. The Labute approximate surface area is 182 Å². The van der Waals surface area contributed by atoms with Gasteiger partial charge in [-0.05, 0) is 49.4 Å². The van der Waals surface area contributed by atoms with Crippen LogP contribution in [0.1, 0.15) is 42.6 Å². The van der Waals surface area contributed by atoms with Crippen molar-refractivity contribution in [2.24, 2.45) is 5.92 Å². The fourth-order valence-corrected chi connectivity index (χ4v) is 4.16. The van der Waals surface area contributed by atoms with E-state index in [-0.39, 0.29) is 11.9 Å². The molecule has 3 N–H and O–H groups in total. The van der Waals surface area contributed by atoms with Crippen molar-refractivity contribution in [3.8, 4) is 0 Å². The number of para-hydroxylation sites is 1. The number of carbonyl (C=O) groups is 2. The lowest BCUT2D eigenvalue weighted by Crippen LogP contribution is -2.29. The molecule has 162 valence electrons. The third-order valence-corrected chi connectivity index (χ3v) is 5.85. The van der Waals surface area contributed by atoms with Crippen molar-refractivity contribution in [2.75, 3.05) is 25.0 Å². The van der Waals surface area contributed by atoms with Crippen molar-refractivity contribution in [1.29, 1.82) is 0 Å². The average Bonchev–Trinajstić information content (AvgIpc) is 3.43. The normalized spacial score (nSPS) is 15.9. The Morgan fingerprint density at radius 2 is 1.94 bits per heavy atom. The van der Waals surface area contributed by atoms with Gasteiger partial charge >= 0.3 is 6.03 Å². The van der Waals surface area contributed by atoms with Crippen molar-refractivity contribution < 1.29 is 9.59 Å². The Morgan fingerprint density at radius 3 is 2.77 bits per heavy atom. The van der Waals surface area contributed by atoms with Gasteiger partial charge in [0.05, 0.1) is 0 Å². The fourth-order valence-electron chi connectivity index (χ4n) is 4.16. The predicted octanol–water partition coefficient (Wildman–Crippen LogP) is 4.41. The second-order valence-corrected chi connectivity index (χ2v) is 8.14. The summed E-state index contributed by atoms with van der Waals surface area (Å²) in [6.45, 7) is 2.32. The fraction of sp³-hybridized carbons (Fsp3) is 0.375. The van der Waals surface area contributed by atoms with Crippen LogP contribution in [0.5, 0.6) is 0 Å². The number of likely N-dealkylation sites (tertiary alicyclic amines) is 1. The quantitative estimate of drug-likeness (QED) is 0.473. The van der Waals surface area contributed by atoms with Crippen LogP contribution in [0.25, 0.3) is 10.9 Å². The molecule has 1 atom stereocenters. The Balaban J connectivity index is 1.11. The largest absolute Gasteiger partial charge is 0.351 e. The zero-order chi connectivity index (χ0) is 21.5. The number of aromatic amines is 1. The molecule has 2 aromatic heterocycles. The molecule has 1 fully saturated rings. The summed E-state index contributed by atoms with van der Waals surface area (Å²) in [4.78, 5) is 33.8. The lowest BCUT2D eigenvalue weighted by Gasteiger charge is -2.15. The van der Waals surface area contributed by atoms with E-state index in [9.17, 15) is 9.59 Å². The minimum Gasteiger partial charge on any atom is -0.351 e. The van der Waals surface area contributed by atoms with Crippen LogP contribution in [0.2, 0.25) is 0 Å². The Hall–Kier alpha value is -3.35. The van der Waals surface area contributed by atoms with Crippen LogP contribution in [0.15, 0.2) is 54.9 Å². The number of hydrogen-bond acceptors (Lipinski definition) is 3. The number of carbonyl (C=O) groups excluding carboxylic acids is 2. The molecule has 4 rings (SSSR count). The van der Waals surface area contributed by atoms with Crippen LogP contribution in [0.3, 0.4) is 0 Å². The summed E-state index contributed by atoms with van der Waals surface area (Å²) in [6.07, 6.45) is 8.63. The standard InChI is InChI=1S/C24H29N5O2/c30-23(22-16-19-7-3-4-8-21(19)28-22)29-15-11-18(17-29)6-2-1-5-12-26-24(31)27-20-9-13-25-14-10-20/h3-4,7-10,13-14,16,18,28H,1-2,5-6,11-12,15,17H2,(H2,25,26,27,31). The molecule has 1 saturated heterocycles. The monoisotopic (exact) mass is 419 g/mol. The molecule has 7 nitrogen and oxygen atoms in total. The number of nitrogens with one attached hydrogen (secondary N) is 3. The second-order valence-electron chi connectivity index (χ2n) is 8.14. The van der Waals surface area contributed by atoms with Crippen LogP contribution in [-0.4, -0.2) is 46.4 Å². The van der Waals surface area contributed by atoms with Crippen molar-refractivity contribution in [1.82, 2.24) is 20.2 Å². The van der Waals surface area contributed by atoms with E-state index in [0.717, 1.165) is 61.8 Å². The van der Waals surface area contributed by atoms with Gasteiger partial charge in [-0.2, -0.15) is 0 Å². The van der Waals surface area contributed by atoms with Gasteiger partial charge in [0.2, 0.25) is 0 Å². The number of H-pyrrole nitrogens is 1. The van der Waals surface area contributed by atoms with E-state index in [4.69, 9.17) is 0 Å². The van der Waals surface area contributed by atoms with Crippen molar-refractivity contribution in [2.45, 2.75) is 32.1 Å². The van der Waals surface area contributed by atoms with E-state index in [1.807, 2.05) is 35.2 Å². The van der Waals surface area contributed by atoms with Gasteiger partial charge in [-0.25, -0.2) is 4.79 Å². The van der Waals surface area contributed by atoms with E-state index in [1.165, 1.54) is 0 Å². The SMILES string of the molecule is O=C(NCCCCCC1CCN(C(=O)c2cc3ccccc3[nH]2)C1)Nc1ccncc1. The van der Waals surface area contributed by atoms with Crippen LogP contribution < -0.4 is 10.6 Å². The zero-order valence-electron chi connectivity index (χ0n) is 17.6. The highest BCUT2D eigenvalue weighted by atomic mass is 16.2. The number of unbranched alkanes of at least 4 members (excludes halogenated alkanes) is 2. The molecule has 1 aliphatic rings. The third kappa shape index (κ3) is 5.63. The molecule has 31 heavy (non-hydrogen) atoms. The molecular formula is C24H29N5O2. The van der Waals surface area contributed by atoms with Gasteiger partial charge in [0.15, 0.2) is 0 Å². The first-order valence-electron chi connectivity index (χ1n) is 11.0. The van der Waals surface area contributed by atoms with Crippen LogP contribution in [0.4, 0.5) is 10.5 Å². The Morgan fingerprint density at radius 1 is 1.10 bits per heavy atom. The molecule has 1 unspecified atom stereocenters. The summed E-state index contributed by atoms with van der Waals surface area (Å²) in [5.74, 6) is 0.666. The lowest BCUT2D eigenvalue weighted by atomic mass is 10.0. The molecule has 7 heteroatoms. The highest BCUT2D eigenvalue weighted by Gasteiger charge is 2.27. The summed E-state index contributed by atoms with van der Waals surface area (Å²) in [7, 11) is 0. The molecule has 3 amide bonds. The first kappa shape index (κ1) is 20.9. The van der Waals surface area contributed by atoms with Gasteiger partial charge in [0.25, 0.3) is 5.91 Å². The van der Waals surface area contributed by atoms with Gasteiger partial charge < -0.3 is 20.5 Å². The maximum absolute atomic E-state index is 12.8. The van der Waals surface area contributed by atoms with Crippen LogP contribution in [-0.2, 0) is 0 Å². The lowest BCUT2D eigenvalue weighted by molar-refractivity contribution is 0.0781. The molecule has 0 spiro atoms. The van der Waals surface area contributed by atoms with Crippen molar-refractivity contribution >= 4 is 28.5 Å². The topological polar surface area (TPSA) is 90.1 Å². The first-order valence-corrected chi connectivity index (χ1v) is 11.0. The molecule has 0 aliphatic carbocycles. The summed E-state index contributed by atoms with van der Waals surface area (Å²) in [5, 5.41) is 6.74. The first-order chi connectivity index (χ1) is 15.2. The van der Waals surface area contributed by atoms with Gasteiger partial charge in [0.1, 0.15) is 5.69 Å². The van der Waals surface area contributed by atoms with Crippen LogP contribution >= 0.6 is 0 Å². The number of fused-ring (bicyclic) bond motifs is 1. The number of hydrogen-bond donors (Lipinski definition) is 3. The predicted molar refractivity (Wildman–Crippen MR) is 122 cm³/mol. The highest BCUT2D eigenvalue weighted by molar-refractivity contribution is 5.98. The minimum atomic E-state index is -0.187. The summed E-state index contributed by atoms with van der Waals surface area (Å²) in [6, 6.07) is 13.3. The molecule has 0 radical (unpaired) electrons. The van der Waals surface area contributed by atoms with Crippen LogP contribution in [0, 0.1) is 5.92 Å². The highest BCUT2D eigenvalue weighted by Crippen LogP contribution is 2.24. The number of benzene rings is 1. The van der Waals surface area contributed by atoms with Gasteiger partial charge in [0, 0.05) is 48.6 Å². The molecule has 3 heterocycles. The smallest absolute Gasteiger partial charge is 0.319 e. The maximum atomic E-state index is 12.8. The van der Waals surface area contributed by atoms with Gasteiger partial charge in [-0.3, -0.25) is 9.78 Å². The molecular weight excluding hydrogens is 390 g/mol. The summed E-state index contributed by atoms with van der Waals surface area (Å²) < 4.78 is 0. The average molecular weight is 420 g/mol. The number of urea groups is 1. The van der Waals surface area contributed by atoms with E-state index in [1.54, 1.807) is 24.5 Å². The molecule has 0 bridgehead atoms. The van der Waals surface area contributed by atoms with Gasteiger partial charge in [-0.15, -0.1) is 0 Å². The molecule has 1 aromatic carbocycles. The van der Waals surface area contributed by atoms with Crippen molar-refractivity contribution in [3.63, 3.8) is 0 Å². The minimum absolute atomic E-state index is 0.100. The van der Waals surface area contributed by atoms with Gasteiger partial charge in [-0.1, -0.05) is 31.0 Å². The maximum Gasteiger partial charge on any atom is 0.319 e. The zero-order valence-corrected chi connectivity index (χ0v) is 17.6. The number of rotatable bonds is 8. The van der Waals surface area contributed by atoms with E-state index >= 15 is 0 Å². The van der Waals surface area contributed by atoms with E-state index in [0.29, 0.717) is 18.2 Å². The number of pyridine rings is 1.